The molecule has 0 saturated carbocycles. The zero-order chi connectivity index (χ0) is 21.7. The van der Waals surface area contributed by atoms with Crippen LogP contribution in [0, 0.1) is 0 Å². The van der Waals surface area contributed by atoms with Gasteiger partial charge in [0, 0.05) is 18.2 Å². The van der Waals surface area contributed by atoms with Gasteiger partial charge in [0.05, 0.1) is 36.3 Å². The second-order valence-corrected chi connectivity index (χ2v) is 8.63. The predicted octanol–water partition coefficient (Wildman–Crippen LogP) is 2.16. The minimum Gasteiger partial charge on any atom is -0.383 e. The summed E-state index contributed by atoms with van der Waals surface area (Å²) in [7, 11) is -3.65. The number of hydrogen-bond acceptors (Lipinski definition) is 8. The number of rotatable bonds is 4. The van der Waals surface area contributed by atoms with Gasteiger partial charge in [-0.15, -0.1) is 0 Å². The lowest BCUT2D eigenvalue weighted by atomic mass is 10.1. The average Bonchev–Trinajstić information content (AvgIpc) is 3.30. The van der Waals surface area contributed by atoms with Crippen LogP contribution in [0.5, 0.6) is 0 Å². The number of halogens is 3. The number of nitrogens with two attached hydrogens (primary N) is 1. The Morgan fingerprint density at radius 2 is 2.07 bits per heavy atom. The van der Waals surface area contributed by atoms with Gasteiger partial charge in [-0.2, -0.15) is 27.3 Å². The molecule has 1 atom stereocenters. The Morgan fingerprint density at radius 1 is 1.30 bits per heavy atom. The summed E-state index contributed by atoms with van der Waals surface area (Å²) in [6.45, 7) is 0.747. The molecule has 0 aliphatic carbocycles. The fraction of sp³-hybridized carbons (Fsp3) is 0.353. The minimum atomic E-state index is -4.68. The van der Waals surface area contributed by atoms with Crippen LogP contribution < -0.4 is 10.6 Å². The standard InChI is InChI=1S/C17H17F3N6O3S/c1-30(27,28)26-14-4-2-3-13(11(14)7-23-26)25(10-5-6-29-9-10)16-22-8-12(15(21)24-16)17(18,19)20/h2-4,7-8,10H,5-6,9H2,1H3,(H2,21,22,24). The Kier molecular flexibility index (Phi) is 4.81. The number of alkyl halides is 3. The van der Waals surface area contributed by atoms with E-state index >= 15 is 0 Å². The van der Waals surface area contributed by atoms with E-state index in [4.69, 9.17) is 10.5 Å². The molecule has 160 valence electrons. The highest BCUT2D eigenvalue weighted by atomic mass is 32.2. The van der Waals surface area contributed by atoms with Crippen LogP contribution in [0.4, 0.5) is 30.6 Å². The van der Waals surface area contributed by atoms with Gasteiger partial charge in [0.25, 0.3) is 10.0 Å². The van der Waals surface area contributed by atoms with Crippen molar-refractivity contribution in [3.8, 4) is 0 Å². The lowest BCUT2D eigenvalue weighted by molar-refractivity contribution is -0.137. The van der Waals surface area contributed by atoms with Crippen molar-refractivity contribution in [1.82, 2.24) is 19.2 Å². The molecule has 1 saturated heterocycles. The summed E-state index contributed by atoms with van der Waals surface area (Å²) >= 11 is 0. The van der Waals surface area contributed by atoms with Crippen LogP contribution in [0.25, 0.3) is 10.9 Å². The van der Waals surface area contributed by atoms with Crippen molar-refractivity contribution in [2.45, 2.75) is 18.6 Å². The van der Waals surface area contributed by atoms with Gasteiger partial charge in [0.15, 0.2) is 0 Å². The molecule has 4 rings (SSSR count). The van der Waals surface area contributed by atoms with Gasteiger partial charge in [0.1, 0.15) is 11.4 Å². The summed E-state index contributed by atoms with van der Waals surface area (Å²) in [6.07, 6.45) is -1.07. The third-order valence-electron chi connectivity index (χ3n) is 4.73. The second-order valence-electron chi connectivity index (χ2n) is 6.81. The molecule has 1 aliphatic heterocycles. The Balaban J connectivity index is 1.90. The highest BCUT2D eigenvalue weighted by molar-refractivity contribution is 7.89. The number of fused-ring (bicyclic) bond motifs is 1. The van der Waals surface area contributed by atoms with Crippen molar-refractivity contribution >= 4 is 38.4 Å². The molecule has 0 bridgehead atoms. The van der Waals surface area contributed by atoms with Gasteiger partial charge in [0.2, 0.25) is 5.95 Å². The molecule has 0 radical (unpaired) electrons. The molecule has 30 heavy (non-hydrogen) atoms. The van der Waals surface area contributed by atoms with Crippen LogP contribution in [0.3, 0.4) is 0 Å². The number of aromatic nitrogens is 4. The highest BCUT2D eigenvalue weighted by Crippen LogP contribution is 2.37. The fourth-order valence-corrected chi connectivity index (χ4v) is 4.14. The summed E-state index contributed by atoms with van der Waals surface area (Å²) in [4.78, 5) is 9.41. The second kappa shape index (κ2) is 7.09. The Labute approximate surface area is 169 Å². The normalized spacial score (nSPS) is 17.5. The van der Waals surface area contributed by atoms with E-state index in [1.165, 1.54) is 6.20 Å². The Hall–Kier alpha value is -2.93. The molecule has 2 aromatic heterocycles. The van der Waals surface area contributed by atoms with Gasteiger partial charge < -0.3 is 15.4 Å². The van der Waals surface area contributed by atoms with E-state index in [9.17, 15) is 21.6 Å². The van der Waals surface area contributed by atoms with Crippen molar-refractivity contribution < 1.29 is 26.3 Å². The maximum Gasteiger partial charge on any atom is 0.421 e. The first-order chi connectivity index (χ1) is 14.1. The molecule has 0 amide bonds. The van der Waals surface area contributed by atoms with Crippen LogP contribution in [0.1, 0.15) is 12.0 Å². The molecule has 1 unspecified atom stereocenters. The summed E-state index contributed by atoms with van der Waals surface area (Å²) in [5.74, 6) is -0.744. The van der Waals surface area contributed by atoms with Crippen molar-refractivity contribution in [3.63, 3.8) is 0 Å². The van der Waals surface area contributed by atoms with Crippen LogP contribution in [-0.4, -0.2) is 53.1 Å². The number of nitrogen functional groups attached to an aromatic ring is 1. The van der Waals surface area contributed by atoms with Gasteiger partial charge in [-0.1, -0.05) is 6.07 Å². The van der Waals surface area contributed by atoms with E-state index in [2.05, 4.69) is 15.1 Å². The van der Waals surface area contributed by atoms with Gasteiger partial charge in [-0.25, -0.2) is 13.4 Å². The number of anilines is 3. The predicted molar refractivity (Wildman–Crippen MR) is 103 cm³/mol. The lowest BCUT2D eigenvalue weighted by Gasteiger charge is -2.29. The zero-order valence-corrected chi connectivity index (χ0v) is 16.5. The van der Waals surface area contributed by atoms with Gasteiger partial charge >= 0.3 is 6.18 Å². The Morgan fingerprint density at radius 3 is 2.67 bits per heavy atom. The van der Waals surface area contributed by atoms with E-state index in [1.807, 2.05) is 0 Å². The van der Waals surface area contributed by atoms with Crippen LogP contribution in [0.2, 0.25) is 0 Å². The first-order valence-corrected chi connectivity index (χ1v) is 10.7. The number of hydrogen-bond donors (Lipinski definition) is 1. The lowest BCUT2D eigenvalue weighted by Crippen LogP contribution is -2.33. The van der Waals surface area contributed by atoms with Crippen molar-refractivity contribution in [2.24, 2.45) is 0 Å². The first-order valence-electron chi connectivity index (χ1n) is 8.81. The fourth-order valence-electron chi connectivity index (χ4n) is 3.40. The quantitative estimate of drug-likeness (QED) is 0.654. The molecule has 1 aromatic carbocycles. The largest absolute Gasteiger partial charge is 0.421 e. The van der Waals surface area contributed by atoms with Crippen LogP contribution in [-0.2, 0) is 20.9 Å². The number of ether oxygens (including phenoxy) is 1. The monoisotopic (exact) mass is 442 g/mol. The maximum atomic E-state index is 13.1. The van der Waals surface area contributed by atoms with E-state index < -0.39 is 27.6 Å². The molecule has 2 N–H and O–H groups in total. The zero-order valence-electron chi connectivity index (χ0n) is 15.7. The number of benzene rings is 1. The molecule has 1 aliphatic rings. The van der Waals surface area contributed by atoms with Crippen LogP contribution in [0.15, 0.2) is 30.6 Å². The van der Waals surface area contributed by atoms with Crippen molar-refractivity contribution in [3.05, 3.63) is 36.2 Å². The molecule has 0 spiro atoms. The van der Waals surface area contributed by atoms with E-state index in [0.29, 0.717) is 42.4 Å². The van der Waals surface area contributed by atoms with Crippen molar-refractivity contribution in [1.29, 1.82) is 0 Å². The smallest absolute Gasteiger partial charge is 0.383 e. The van der Waals surface area contributed by atoms with E-state index in [1.54, 1.807) is 23.1 Å². The molecule has 3 heterocycles. The molecule has 1 fully saturated rings. The highest BCUT2D eigenvalue weighted by Gasteiger charge is 2.36. The SMILES string of the molecule is CS(=O)(=O)n1ncc2c(N(c3ncc(C(F)(F)F)c(N)n3)C3CCOC3)cccc21. The molecular formula is C17H17F3N6O3S. The first kappa shape index (κ1) is 20.3. The summed E-state index contributed by atoms with van der Waals surface area (Å²) in [5.41, 5.74) is 5.25. The third-order valence-corrected chi connectivity index (χ3v) is 5.65. The maximum absolute atomic E-state index is 13.1. The third kappa shape index (κ3) is 3.54. The van der Waals surface area contributed by atoms with Crippen molar-refractivity contribution in [2.75, 3.05) is 30.1 Å². The van der Waals surface area contributed by atoms with Crippen LogP contribution >= 0.6 is 0 Å². The number of nitrogens with zero attached hydrogens (tertiary/aromatic N) is 5. The average molecular weight is 442 g/mol. The summed E-state index contributed by atoms with van der Waals surface area (Å²) in [5, 5.41) is 4.42. The molecular weight excluding hydrogens is 425 g/mol. The van der Waals surface area contributed by atoms with E-state index in [0.717, 1.165) is 10.3 Å². The topological polar surface area (TPSA) is 116 Å². The summed E-state index contributed by atoms with van der Waals surface area (Å²) < 4.78 is 69.5. The minimum absolute atomic E-state index is 0.0457. The van der Waals surface area contributed by atoms with Gasteiger partial charge in [-0.3, -0.25) is 0 Å². The molecule has 3 aromatic rings. The summed E-state index contributed by atoms with van der Waals surface area (Å²) in [6, 6.07) is 4.61. The van der Waals surface area contributed by atoms with E-state index in [-0.39, 0.29) is 12.0 Å². The molecule has 9 nitrogen and oxygen atoms in total. The molecule has 13 heteroatoms. The Bertz CT molecular complexity index is 1210. The van der Waals surface area contributed by atoms with Gasteiger partial charge in [-0.05, 0) is 18.6 Å².